The Morgan fingerprint density at radius 3 is 2.12 bits per heavy atom. The second kappa shape index (κ2) is 9.97. The van der Waals surface area contributed by atoms with Crippen molar-refractivity contribution < 1.29 is 19.1 Å². The molecule has 0 saturated heterocycles. The van der Waals surface area contributed by atoms with E-state index in [1.807, 2.05) is 60.7 Å². The largest absolute Gasteiger partial charge is 0.478 e. The Kier molecular flexibility index (Phi) is 6.66. The highest BCUT2D eigenvalue weighted by atomic mass is 35.5. The lowest BCUT2D eigenvalue weighted by Crippen LogP contribution is -2.26. The van der Waals surface area contributed by atoms with Gasteiger partial charge in [0.2, 0.25) is 0 Å². The molecular weight excluding hydrogens is 440 g/mol. The monoisotopic (exact) mass is 458 g/mol. The third-order valence-electron chi connectivity index (χ3n) is 5.01. The zero-order valence-corrected chi connectivity index (χ0v) is 18.1. The van der Waals surface area contributed by atoms with E-state index < -0.39 is 11.9 Å². The summed E-state index contributed by atoms with van der Waals surface area (Å²) in [7, 11) is 0. The average Bonchev–Trinajstić information content (AvgIpc) is 3.29. The highest BCUT2D eigenvalue weighted by Crippen LogP contribution is 2.27. The summed E-state index contributed by atoms with van der Waals surface area (Å²) in [4.78, 5) is 24.1. The van der Waals surface area contributed by atoms with Gasteiger partial charge >= 0.3 is 5.97 Å². The number of carbonyl (C=O) groups excluding carboxylic acids is 1. The van der Waals surface area contributed by atoms with Gasteiger partial charge in [0, 0.05) is 5.56 Å². The molecular formula is C26H19ClN2O4. The Balaban J connectivity index is 1.49. The van der Waals surface area contributed by atoms with Gasteiger partial charge < -0.3 is 9.52 Å². The summed E-state index contributed by atoms with van der Waals surface area (Å²) in [6.45, 7) is 0. The third kappa shape index (κ3) is 5.19. The molecule has 0 bridgehead atoms. The summed E-state index contributed by atoms with van der Waals surface area (Å²) in [6.07, 6.45) is 1.40. The highest BCUT2D eigenvalue weighted by Gasteiger charge is 2.22. The molecule has 0 fully saturated rings. The normalized spacial score (nSPS) is 11.1. The quantitative estimate of drug-likeness (QED) is 0.279. The number of carboxylic acid groups (broad SMARTS) is 1. The molecule has 4 aromatic rings. The summed E-state index contributed by atoms with van der Waals surface area (Å²) in [6, 6.07) is 26.9. The molecule has 7 heteroatoms. The molecule has 33 heavy (non-hydrogen) atoms. The molecule has 0 unspecified atom stereocenters. The lowest BCUT2D eigenvalue weighted by molar-refractivity contribution is -0.121. The van der Waals surface area contributed by atoms with Crippen molar-refractivity contribution in [2.24, 2.45) is 5.10 Å². The lowest BCUT2D eigenvalue weighted by Gasteiger charge is -2.16. The van der Waals surface area contributed by atoms with Crippen LogP contribution in [-0.2, 0) is 4.79 Å². The number of benzene rings is 3. The Labute approximate surface area is 195 Å². The number of rotatable bonds is 7. The van der Waals surface area contributed by atoms with Gasteiger partial charge in [-0.15, -0.1) is 0 Å². The topological polar surface area (TPSA) is 91.9 Å². The Morgan fingerprint density at radius 2 is 1.55 bits per heavy atom. The second-order valence-electron chi connectivity index (χ2n) is 7.19. The van der Waals surface area contributed by atoms with E-state index in [9.17, 15) is 9.59 Å². The number of hydrogen-bond acceptors (Lipinski definition) is 4. The zero-order valence-electron chi connectivity index (χ0n) is 17.3. The van der Waals surface area contributed by atoms with Gasteiger partial charge in [0.25, 0.3) is 5.91 Å². The van der Waals surface area contributed by atoms with E-state index in [-0.39, 0.29) is 16.5 Å². The van der Waals surface area contributed by atoms with Gasteiger partial charge in [-0.1, -0.05) is 78.3 Å². The number of amides is 1. The van der Waals surface area contributed by atoms with E-state index in [1.165, 1.54) is 18.3 Å². The first-order chi connectivity index (χ1) is 16.0. The number of nitrogens with one attached hydrogen (secondary N) is 1. The van der Waals surface area contributed by atoms with E-state index in [2.05, 4.69) is 10.5 Å². The molecule has 164 valence electrons. The van der Waals surface area contributed by atoms with Gasteiger partial charge in [-0.25, -0.2) is 10.2 Å². The van der Waals surface area contributed by atoms with Gasteiger partial charge in [-0.3, -0.25) is 4.79 Å². The van der Waals surface area contributed by atoms with E-state index in [4.69, 9.17) is 21.1 Å². The second-order valence-corrected chi connectivity index (χ2v) is 7.60. The number of nitrogens with zero attached hydrogens (tertiary/aromatic N) is 1. The molecule has 0 aliphatic carbocycles. The number of furan rings is 1. The van der Waals surface area contributed by atoms with E-state index in [1.54, 1.807) is 18.2 Å². The van der Waals surface area contributed by atoms with Crippen molar-refractivity contribution in [2.45, 2.75) is 5.92 Å². The molecule has 0 saturated carbocycles. The lowest BCUT2D eigenvalue weighted by atomic mass is 9.91. The first-order valence-electron chi connectivity index (χ1n) is 10.1. The Morgan fingerprint density at radius 1 is 0.909 bits per heavy atom. The van der Waals surface area contributed by atoms with Crippen molar-refractivity contribution in [3.05, 3.63) is 118 Å². The fraction of sp³-hybridized carbons (Fsp3) is 0.0385. The van der Waals surface area contributed by atoms with Gasteiger partial charge in [-0.2, -0.15) is 5.10 Å². The minimum absolute atomic E-state index is 0.0165. The number of halogens is 1. The molecule has 6 nitrogen and oxygen atoms in total. The maximum absolute atomic E-state index is 13.0. The molecule has 0 atom stereocenters. The molecule has 0 aliphatic rings. The van der Waals surface area contributed by atoms with Crippen LogP contribution in [0.5, 0.6) is 0 Å². The maximum atomic E-state index is 13.0. The van der Waals surface area contributed by atoms with Crippen LogP contribution in [0.1, 0.15) is 33.2 Å². The van der Waals surface area contributed by atoms with Gasteiger partial charge in [0.1, 0.15) is 11.5 Å². The minimum Gasteiger partial charge on any atom is -0.478 e. The summed E-state index contributed by atoms with van der Waals surface area (Å²) in [5.74, 6) is -0.968. The summed E-state index contributed by atoms with van der Waals surface area (Å²) >= 11 is 6.03. The van der Waals surface area contributed by atoms with E-state index in [0.717, 1.165) is 11.1 Å². The van der Waals surface area contributed by atoms with E-state index >= 15 is 0 Å². The number of carbonyl (C=O) groups is 2. The van der Waals surface area contributed by atoms with Gasteiger partial charge in [0.05, 0.1) is 22.7 Å². The highest BCUT2D eigenvalue weighted by molar-refractivity contribution is 6.33. The zero-order chi connectivity index (χ0) is 23.2. The van der Waals surface area contributed by atoms with Crippen LogP contribution >= 0.6 is 11.6 Å². The molecule has 1 aromatic heterocycles. The van der Waals surface area contributed by atoms with Crippen molar-refractivity contribution in [1.82, 2.24) is 5.43 Å². The van der Waals surface area contributed by atoms with Gasteiger partial charge in [-0.05, 0) is 35.4 Å². The number of hydrogen-bond donors (Lipinski definition) is 2. The predicted octanol–water partition coefficient (Wildman–Crippen LogP) is 5.58. The summed E-state index contributed by atoms with van der Waals surface area (Å²) in [5.41, 5.74) is 4.95. The van der Waals surface area contributed by atoms with Crippen molar-refractivity contribution in [2.75, 3.05) is 0 Å². The molecule has 1 amide bonds. The SMILES string of the molecule is O=C(O)c1ccc(-c2ccc(/C=N\NC(=O)C(c3ccccc3)c3ccccc3)o2)cc1Cl. The molecule has 0 aliphatic heterocycles. The van der Waals surface area contributed by atoms with E-state index in [0.29, 0.717) is 17.1 Å². The van der Waals surface area contributed by atoms with Crippen molar-refractivity contribution in [1.29, 1.82) is 0 Å². The molecule has 4 rings (SSSR count). The molecule has 2 N–H and O–H groups in total. The smallest absolute Gasteiger partial charge is 0.337 e. The average molecular weight is 459 g/mol. The molecule has 1 heterocycles. The van der Waals surface area contributed by atoms with Crippen LogP contribution in [0.15, 0.2) is 101 Å². The van der Waals surface area contributed by atoms with Crippen LogP contribution in [-0.4, -0.2) is 23.2 Å². The van der Waals surface area contributed by atoms with Crippen molar-refractivity contribution in [3.8, 4) is 11.3 Å². The fourth-order valence-electron chi connectivity index (χ4n) is 3.43. The summed E-state index contributed by atoms with van der Waals surface area (Å²) in [5, 5.41) is 13.3. The molecule has 0 spiro atoms. The van der Waals surface area contributed by atoms with Crippen LogP contribution in [0.25, 0.3) is 11.3 Å². The first-order valence-corrected chi connectivity index (χ1v) is 10.5. The van der Waals surface area contributed by atoms with Gasteiger partial charge in [0.15, 0.2) is 0 Å². The Bertz CT molecular complexity index is 1260. The predicted molar refractivity (Wildman–Crippen MR) is 127 cm³/mol. The van der Waals surface area contributed by atoms with Crippen LogP contribution in [0.2, 0.25) is 5.02 Å². The first kappa shape index (κ1) is 22.0. The number of aromatic carboxylic acids is 1. The number of hydrazone groups is 1. The van der Waals surface area contributed by atoms with Crippen molar-refractivity contribution in [3.63, 3.8) is 0 Å². The molecule has 3 aromatic carbocycles. The standard InChI is InChI=1S/C26H19ClN2O4/c27-22-15-19(11-13-21(22)26(31)32)23-14-12-20(33-23)16-28-29-25(30)24(17-7-3-1-4-8-17)18-9-5-2-6-10-18/h1-16,24H,(H,29,30)(H,31,32)/b28-16-. The Hall–Kier alpha value is -4.16. The van der Waals surface area contributed by atoms with Crippen LogP contribution in [0.3, 0.4) is 0 Å². The molecule has 0 radical (unpaired) electrons. The fourth-order valence-corrected chi connectivity index (χ4v) is 3.69. The van der Waals surface area contributed by atoms with Crippen LogP contribution < -0.4 is 5.43 Å². The summed E-state index contributed by atoms with van der Waals surface area (Å²) < 4.78 is 5.73. The maximum Gasteiger partial charge on any atom is 0.337 e. The minimum atomic E-state index is -1.10. The number of carboxylic acids is 1. The van der Waals surface area contributed by atoms with Crippen LogP contribution in [0, 0.1) is 0 Å². The van der Waals surface area contributed by atoms with Crippen molar-refractivity contribution >= 4 is 29.7 Å². The third-order valence-corrected chi connectivity index (χ3v) is 5.32. The van der Waals surface area contributed by atoms with Crippen LogP contribution in [0.4, 0.5) is 0 Å².